The second-order valence-electron chi connectivity index (χ2n) is 4.04. The molecule has 0 spiro atoms. The fourth-order valence-corrected chi connectivity index (χ4v) is 1.79. The van der Waals surface area contributed by atoms with Gasteiger partial charge in [-0.25, -0.2) is 4.98 Å². The van der Waals surface area contributed by atoms with Crippen LogP contribution in [0.3, 0.4) is 0 Å². The summed E-state index contributed by atoms with van der Waals surface area (Å²) in [7, 11) is 2.09. The Bertz CT molecular complexity index is 408. The van der Waals surface area contributed by atoms with Gasteiger partial charge in [0.05, 0.1) is 6.54 Å². The van der Waals surface area contributed by atoms with Gasteiger partial charge in [-0.05, 0) is 7.05 Å². The van der Waals surface area contributed by atoms with Gasteiger partial charge < -0.3 is 20.5 Å². The SMILES string of the molecule is CN1CCN(c2cc(=O)[nH]c(CN)n2)CC1. The second kappa shape index (κ2) is 4.63. The smallest absolute Gasteiger partial charge is 0.253 e. The van der Waals surface area contributed by atoms with E-state index < -0.39 is 0 Å². The lowest BCUT2D eigenvalue weighted by molar-refractivity contribution is 0.312. The van der Waals surface area contributed by atoms with E-state index in [2.05, 4.69) is 26.8 Å². The van der Waals surface area contributed by atoms with Crippen molar-refractivity contribution in [3.63, 3.8) is 0 Å². The average molecular weight is 223 g/mol. The first-order valence-corrected chi connectivity index (χ1v) is 5.43. The molecular formula is C10H17N5O. The molecule has 1 aliphatic heterocycles. The third kappa shape index (κ3) is 2.40. The minimum atomic E-state index is -0.135. The predicted octanol–water partition coefficient (Wildman–Crippen LogP) is -1.02. The van der Waals surface area contributed by atoms with Crippen LogP contribution < -0.4 is 16.2 Å². The molecule has 6 nitrogen and oxygen atoms in total. The van der Waals surface area contributed by atoms with E-state index in [0.29, 0.717) is 5.82 Å². The normalized spacial score (nSPS) is 17.8. The van der Waals surface area contributed by atoms with E-state index in [1.807, 2.05) is 0 Å². The summed E-state index contributed by atoms with van der Waals surface area (Å²) in [4.78, 5) is 22.7. The van der Waals surface area contributed by atoms with E-state index in [1.165, 1.54) is 6.07 Å². The molecule has 1 aromatic rings. The number of rotatable bonds is 2. The van der Waals surface area contributed by atoms with Crippen LogP contribution in [0, 0.1) is 0 Å². The summed E-state index contributed by atoms with van der Waals surface area (Å²) in [6, 6.07) is 1.53. The zero-order valence-electron chi connectivity index (χ0n) is 9.44. The van der Waals surface area contributed by atoms with Crippen molar-refractivity contribution >= 4 is 5.82 Å². The molecule has 0 atom stereocenters. The number of piperazine rings is 1. The largest absolute Gasteiger partial charge is 0.354 e. The lowest BCUT2D eigenvalue weighted by atomic mass is 10.3. The van der Waals surface area contributed by atoms with E-state index in [9.17, 15) is 4.79 Å². The first kappa shape index (κ1) is 11.1. The predicted molar refractivity (Wildman–Crippen MR) is 62.5 cm³/mol. The Morgan fingerprint density at radius 2 is 2.12 bits per heavy atom. The number of aromatic nitrogens is 2. The third-order valence-electron chi connectivity index (χ3n) is 2.80. The molecule has 1 aromatic heterocycles. The molecule has 0 radical (unpaired) electrons. The molecule has 6 heteroatoms. The van der Waals surface area contributed by atoms with Crippen LogP contribution in [0.15, 0.2) is 10.9 Å². The topological polar surface area (TPSA) is 78.2 Å². The van der Waals surface area contributed by atoms with E-state index >= 15 is 0 Å². The van der Waals surface area contributed by atoms with E-state index in [4.69, 9.17) is 5.73 Å². The minimum absolute atomic E-state index is 0.135. The summed E-state index contributed by atoms with van der Waals surface area (Å²) in [6.45, 7) is 4.05. The van der Waals surface area contributed by atoms with Crippen molar-refractivity contribution in [2.45, 2.75) is 6.54 Å². The Kier molecular flexibility index (Phi) is 3.21. The van der Waals surface area contributed by atoms with Crippen LogP contribution >= 0.6 is 0 Å². The second-order valence-corrected chi connectivity index (χ2v) is 4.04. The number of nitrogens with two attached hydrogens (primary N) is 1. The fraction of sp³-hybridized carbons (Fsp3) is 0.600. The van der Waals surface area contributed by atoms with Crippen LogP contribution in [0.2, 0.25) is 0 Å². The van der Waals surface area contributed by atoms with E-state index in [1.54, 1.807) is 0 Å². The molecule has 88 valence electrons. The van der Waals surface area contributed by atoms with Gasteiger partial charge in [-0.2, -0.15) is 0 Å². The number of likely N-dealkylation sites (N-methyl/N-ethyl adjacent to an activating group) is 1. The Hall–Kier alpha value is -1.40. The molecule has 1 aliphatic rings. The Balaban J connectivity index is 2.20. The van der Waals surface area contributed by atoms with Gasteiger partial charge in [0.1, 0.15) is 11.6 Å². The Labute approximate surface area is 94.1 Å². The molecule has 16 heavy (non-hydrogen) atoms. The van der Waals surface area contributed by atoms with E-state index in [-0.39, 0.29) is 12.1 Å². The molecule has 1 fully saturated rings. The van der Waals surface area contributed by atoms with Crippen LogP contribution in [-0.4, -0.2) is 48.1 Å². The molecule has 0 aliphatic carbocycles. The number of nitrogens with one attached hydrogen (secondary N) is 1. The van der Waals surface area contributed by atoms with Crippen molar-refractivity contribution in [3.8, 4) is 0 Å². The molecule has 0 unspecified atom stereocenters. The first-order chi connectivity index (χ1) is 7.69. The van der Waals surface area contributed by atoms with Crippen molar-refractivity contribution in [2.75, 3.05) is 38.1 Å². The summed E-state index contributed by atoms with van der Waals surface area (Å²) >= 11 is 0. The molecule has 0 amide bonds. The highest BCUT2D eigenvalue weighted by molar-refractivity contribution is 5.38. The number of nitrogens with zero attached hydrogens (tertiary/aromatic N) is 3. The van der Waals surface area contributed by atoms with Gasteiger partial charge in [-0.15, -0.1) is 0 Å². The Morgan fingerprint density at radius 1 is 1.44 bits per heavy atom. The number of anilines is 1. The maximum absolute atomic E-state index is 11.4. The zero-order chi connectivity index (χ0) is 11.5. The van der Waals surface area contributed by atoms with Crippen LogP contribution in [-0.2, 0) is 6.54 Å². The lowest BCUT2D eigenvalue weighted by Crippen LogP contribution is -2.45. The van der Waals surface area contributed by atoms with Crippen molar-refractivity contribution in [1.82, 2.24) is 14.9 Å². The summed E-state index contributed by atoms with van der Waals surface area (Å²) in [6.07, 6.45) is 0. The quantitative estimate of drug-likeness (QED) is 0.671. The Morgan fingerprint density at radius 3 is 2.75 bits per heavy atom. The first-order valence-electron chi connectivity index (χ1n) is 5.43. The minimum Gasteiger partial charge on any atom is -0.354 e. The molecule has 0 bridgehead atoms. The maximum Gasteiger partial charge on any atom is 0.253 e. The molecule has 2 heterocycles. The summed E-state index contributed by atoms with van der Waals surface area (Å²) in [5.74, 6) is 1.28. The summed E-state index contributed by atoms with van der Waals surface area (Å²) in [5, 5.41) is 0. The van der Waals surface area contributed by atoms with Gasteiger partial charge in [-0.1, -0.05) is 0 Å². The highest BCUT2D eigenvalue weighted by Gasteiger charge is 2.15. The number of aromatic amines is 1. The molecule has 0 aromatic carbocycles. The summed E-state index contributed by atoms with van der Waals surface area (Å²) in [5.41, 5.74) is 5.34. The molecule has 1 saturated heterocycles. The van der Waals surface area contributed by atoms with Gasteiger partial charge in [-0.3, -0.25) is 4.79 Å². The monoisotopic (exact) mass is 223 g/mol. The van der Waals surface area contributed by atoms with Gasteiger partial charge >= 0.3 is 0 Å². The molecule has 2 rings (SSSR count). The van der Waals surface area contributed by atoms with Crippen LogP contribution in [0.5, 0.6) is 0 Å². The van der Waals surface area contributed by atoms with Crippen LogP contribution in [0.4, 0.5) is 5.82 Å². The highest BCUT2D eigenvalue weighted by Crippen LogP contribution is 2.10. The zero-order valence-corrected chi connectivity index (χ0v) is 9.44. The third-order valence-corrected chi connectivity index (χ3v) is 2.80. The van der Waals surface area contributed by atoms with Gasteiger partial charge in [0.15, 0.2) is 0 Å². The van der Waals surface area contributed by atoms with Gasteiger partial charge in [0, 0.05) is 32.2 Å². The average Bonchev–Trinajstić information content (AvgIpc) is 2.29. The molecule has 0 saturated carbocycles. The van der Waals surface area contributed by atoms with Crippen molar-refractivity contribution < 1.29 is 0 Å². The van der Waals surface area contributed by atoms with Crippen LogP contribution in [0.25, 0.3) is 0 Å². The van der Waals surface area contributed by atoms with Crippen molar-refractivity contribution in [3.05, 3.63) is 22.2 Å². The summed E-state index contributed by atoms with van der Waals surface area (Å²) < 4.78 is 0. The molecular weight excluding hydrogens is 206 g/mol. The highest BCUT2D eigenvalue weighted by atomic mass is 16.1. The van der Waals surface area contributed by atoms with Gasteiger partial charge in [0.25, 0.3) is 5.56 Å². The number of H-pyrrole nitrogens is 1. The fourth-order valence-electron chi connectivity index (χ4n) is 1.79. The number of hydrogen-bond donors (Lipinski definition) is 2. The van der Waals surface area contributed by atoms with Crippen molar-refractivity contribution in [1.29, 1.82) is 0 Å². The molecule has 3 N–H and O–H groups in total. The maximum atomic E-state index is 11.4. The number of hydrogen-bond acceptors (Lipinski definition) is 5. The van der Waals surface area contributed by atoms with Gasteiger partial charge in [0.2, 0.25) is 0 Å². The van der Waals surface area contributed by atoms with Crippen LogP contribution in [0.1, 0.15) is 5.82 Å². The van der Waals surface area contributed by atoms with Crippen molar-refractivity contribution in [2.24, 2.45) is 5.73 Å². The standard InChI is InChI=1S/C10H17N5O/c1-14-2-4-15(5-3-14)9-6-10(16)13-8(7-11)12-9/h6H,2-5,7,11H2,1H3,(H,12,13,16). The van der Waals surface area contributed by atoms with E-state index in [0.717, 1.165) is 32.0 Å². The lowest BCUT2D eigenvalue weighted by Gasteiger charge is -2.33.